The van der Waals surface area contributed by atoms with Crippen LogP contribution in [0.15, 0.2) is 30.3 Å². The van der Waals surface area contributed by atoms with Crippen molar-refractivity contribution in [3.05, 3.63) is 35.9 Å². The summed E-state index contributed by atoms with van der Waals surface area (Å²) in [6.07, 6.45) is 10.6. The topological polar surface area (TPSA) is 113 Å². The molecule has 0 aliphatic heterocycles. The van der Waals surface area contributed by atoms with Crippen LogP contribution in [0.4, 0.5) is 0 Å². The number of amides is 3. The van der Waals surface area contributed by atoms with Crippen LogP contribution in [-0.2, 0) is 20.8 Å². The first-order valence-electron chi connectivity index (χ1n) is 12.0. The van der Waals surface area contributed by atoms with E-state index in [-0.39, 0.29) is 24.3 Å². The molecule has 2 aliphatic rings. The Labute approximate surface area is 190 Å². The summed E-state index contributed by atoms with van der Waals surface area (Å²) < 4.78 is 0. The summed E-state index contributed by atoms with van der Waals surface area (Å²) in [7, 11) is 0. The molecule has 1 aromatic carbocycles. The minimum atomic E-state index is -1.08. The zero-order chi connectivity index (χ0) is 23.0. The highest BCUT2D eigenvalue weighted by molar-refractivity contribution is 5.92. The molecule has 0 heterocycles. The Morgan fingerprint density at radius 1 is 1.03 bits per heavy atom. The molecule has 1 aromatic rings. The molecule has 3 amide bonds. The van der Waals surface area contributed by atoms with Crippen LogP contribution in [0.3, 0.4) is 0 Å². The van der Waals surface area contributed by atoms with Crippen LogP contribution >= 0.6 is 0 Å². The Hall–Kier alpha value is -2.41. The van der Waals surface area contributed by atoms with Crippen molar-refractivity contribution in [2.24, 2.45) is 23.5 Å². The van der Waals surface area contributed by atoms with E-state index < -0.39 is 17.4 Å². The fourth-order valence-electron chi connectivity index (χ4n) is 5.83. The highest BCUT2D eigenvalue weighted by Crippen LogP contribution is 2.43. The van der Waals surface area contributed by atoms with Gasteiger partial charge in [-0.3, -0.25) is 19.6 Å². The number of primary amides is 1. The second-order valence-corrected chi connectivity index (χ2v) is 9.51. The van der Waals surface area contributed by atoms with Gasteiger partial charge in [0.25, 0.3) is 0 Å². The summed E-state index contributed by atoms with van der Waals surface area (Å²) in [4.78, 5) is 37.8. The molecule has 0 radical (unpaired) electrons. The highest BCUT2D eigenvalue weighted by Gasteiger charge is 2.52. The quantitative estimate of drug-likeness (QED) is 0.293. The van der Waals surface area contributed by atoms with Gasteiger partial charge in [0.05, 0.1) is 12.5 Å². The normalized spacial score (nSPS) is 19.2. The Morgan fingerprint density at radius 3 is 2.03 bits per heavy atom. The molecule has 1 atom stereocenters. The monoisotopic (exact) mass is 443 g/mol. The number of nitrogens with two attached hydrogens (primary N) is 1. The second kappa shape index (κ2) is 11.5. The van der Waals surface area contributed by atoms with Gasteiger partial charge in [-0.1, -0.05) is 68.9 Å². The standard InChI is InChI=1S/C25H37N3O4/c26-24(31)25(21-12-6-2-7-13-21,22-14-8-3-9-15-22)27-23(30)20(17-28(32)18-29)16-19-10-4-1-5-11-19/h1,4-5,10-11,18,20-22,32H,2-3,6-9,12-17H2,(H2,26,31)(H,27,30). The van der Waals surface area contributed by atoms with Crippen molar-refractivity contribution in [3.8, 4) is 0 Å². The summed E-state index contributed by atoms with van der Waals surface area (Å²) in [5.74, 6) is -1.42. The van der Waals surface area contributed by atoms with Crippen molar-refractivity contribution in [2.45, 2.75) is 76.2 Å². The fraction of sp³-hybridized carbons (Fsp3) is 0.640. The Bertz CT molecular complexity index is 740. The first kappa shape index (κ1) is 24.2. The van der Waals surface area contributed by atoms with Gasteiger partial charge < -0.3 is 11.1 Å². The van der Waals surface area contributed by atoms with Crippen LogP contribution in [0.25, 0.3) is 0 Å². The molecule has 0 bridgehead atoms. The molecule has 176 valence electrons. The zero-order valence-electron chi connectivity index (χ0n) is 18.9. The number of hydrogen-bond acceptors (Lipinski definition) is 4. The lowest BCUT2D eigenvalue weighted by Crippen LogP contribution is -2.67. The predicted molar refractivity (Wildman–Crippen MR) is 121 cm³/mol. The van der Waals surface area contributed by atoms with E-state index in [1.807, 2.05) is 30.3 Å². The Morgan fingerprint density at radius 2 is 1.56 bits per heavy atom. The first-order chi connectivity index (χ1) is 15.5. The van der Waals surface area contributed by atoms with E-state index in [2.05, 4.69) is 5.32 Å². The molecule has 7 nitrogen and oxygen atoms in total. The van der Waals surface area contributed by atoms with Crippen LogP contribution in [0.1, 0.15) is 69.8 Å². The molecule has 2 aliphatic carbocycles. The lowest BCUT2D eigenvalue weighted by atomic mass is 9.63. The van der Waals surface area contributed by atoms with Gasteiger partial charge >= 0.3 is 0 Å². The third kappa shape index (κ3) is 5.68. The van der Waals surface area contributed by atoms with E-state index in [0.29, 0.717) is 17.9 Å². The highest BCUT2D eigenvalue weighted by atomic mass is 16.5. The molecule has 2 fully saturated rings. The van der Waals surface area contributed by atoms with Gasteiger partial charge in [0.15, 0.2) is 0 Å². The number of nitrogens with zero attached hydrogens (tertiary/aromatic N) is 1. The van der Waals surface area contributed by atoms with Gasteiger partial charge in [0, 0.05) is 0 Å². The van der Waals surface area contributed by atoms with Crippen molar-refractivity contribution < 1.29 is 19.6 Å². The molecule has 0 aromatic heterocycles. The Balaban J connectivity index is 1.90. The van der Waals surface area contributed by atoms with Crippen molar-refractivity contribution in [2.75, 3.05) is 6.54 Å². The second-order valence-electron chi connectivity index (χ2n) is 9.51. The molecular weight excluding hydrogens is 406 g/mol. The van der Waals surface area contributed by atoms with E-state index >= 15 is 0 Å². The van der Waals surface area contributed by atoms with Crippen LogP contribution in [0.5, 0.6) is 0 Å². The van der Waals surface area contributed by atoms with Gasteiger partial charge in [0.2, 0.25) is 18.2 Å². The van der Waals surface area contributed by atoms with E-state index in [1.165, 1.54) is 0 Å². The maximum Gasteiger partial charge on any atom is 0.243 e. The fourth-order valence-corrected chi connectivity index (χ4v) is 5.83. The lowest BCUT2D eigenvalue weighted by molar-refractivity contribution is -0.156. The number of hydrogen-bond donors (Lipinski definition) is 3. The molecule has 0 spiro atoms. The van der Waals surface area contributed by atoms with Crippen molar-refractivity contribution in [1.82, 2.24) is 10.4 Å². The summed E-state index contributed by atoms with van der Waals surface area (Å²) in [5, 5.41) is 13.5. The average molecular weight is 444 g/mol. The lowest BCUT2D eigenvalue weighted by Gasteiger charge is -2.48. The molecule has 3 rings (SSSR count). The number of carbonyl (C=O) groups excluding carboxylic acids is 3. The SMILES string of the molecule is NC(=O)C(NC(=O)C(Cc1ccccc1)CN(O)C=O)(C1CCCCC1)C1CCCCC1. The van der Waals surface area contributed by atoms with Crippen LogP contribution in [0, 0.1) is 17.8 Å². The summed E-state index contributed by atoms with van der Waals surface area (Å²) in [6, 6.07) is 9.49. The predicted octanol–water partition coefficient (Wildman–Crippen LogP) is 3.19. The molecule has 2 saturated carbocycles. The Kier molecular flexibility index (Phi) is 8.67. The van der Waals surface area contributed by atoms with Gasteiger partial charge in [-0.05, 0) is 49.5 Å². The number of hydroxylamine groups is 2. The zero-order valence-corrected chi connectivity index (χ0v) is 18.9. The maximum absolute atomic E-state index is 13.6. The molecule has 1 unspecified atom stereocenters. The number of nitrogens with one attached hydrogen (secondary N) is 1. The van der Waals surface area contributed by atoms with E-state index in [9.17, 15) is 19.6 Å². The third-order valence-electron chi connectivity index (χ3n) is 7.46. The van der Waals surface area contributed by atoms with Crippen molar-refractivity contribution >= 4 is 18.2 Å². The average Bonchev–Trinajstić information content (AvgIpc) is 2.83. The van der Waals surface area contributed by atoms with Crippen LogP contribution < -0.4 is 11.1 Å². The number of benzene rings is 1. The van der Waals surface area contributed by atoms with Crippen LogP contribution in [-0.4, -0.2) is 40.6 Å². The number of carbonyl (C=O) groups is 3. The van der Waals surface area contributed by atoms with Gasteiger partial charge in [-0.2, -0.15) is 0 Å². The van der Waals surface area contributed by atoms with Gasteiger partial charge in [0.1, 0.15) is 5.54 Å². The van der Waals surface area contributed by atoms with Crippen molar-refractivity contribution in [3.63, 3.8) is 0 Å². The largest absolute Gasteiger partial charge is 0.368 e. The smallest absolute Gasteiger partial charge is 0.243 e. The third-order valence-corrected chi connectivity index (χ3v) is 7.46. The molecule has 0 saturated heterocycles. The van der Waals surface area contributed by atoms with E-state index in [1.54, 1.807) is 0 Å². The molecule has 32 heavy (non-hydrogen) atoms. The summed E-state index contributed by atoms with van der Waals surface area (Å²) >= 11 is 0. The van der Waals surface area contributed by atoms with E-state index in [0.717, 1.165) is 69.8 Å². The van der Waals surface area contributed by atoms with Crippen LogP contribution in [0.2, 0.25) is 0 Å². The summed E-state index contributed by atoms with van der Waals surface area (Å²) in [5.41, 5.74) is 5.94. The first-order valence-corrected chi connectivity index (χ1v) is 12.0. The van der Waals surface area contributed by atoms with Gasteiger partial charge in [-0.15, -0.1) is 0 Å². The van der Waals surface area contributed by atoms with Crippen molar-refractivity contribution in [1.29, 1.82) is 0 Å². The molecule has 4 N–H and O–H groups in total. The molecular formula is C25H37N3O4. The van der Waals surface area contributed by atoms with Gasteiger partial charge in [-0.25, -0.2) is 5.06 Å². The van der Waals surface area contributed by atoms with E-state index in [4.69, 9.17) is 5.73 Å². The number of rotatable bonds is 10. The summed E-state index contributed by atoms with van der Waals surface area (Å²) in [6.45, 7) is -0.144. The maximum atomic E-state index is 13.6. The minimum absolute atomic E-state index is 0.0227. The molecule has 7 heteroatoms. The minimum Gasteiger partial charge on any atom is -0.368 e.